The molecule has 0 amide bonds. The van der Waals surface area contributed by atoms with E-state index in [1.165, 1.54) is 5.56 Å². The Labute approximate surface area is 78.5 Å². The number of nitrogens with two attached hydrogens (primary N) is 1. The minimum atomic E-state index is 0.171. The first-order valence-electron chi connectivity index (χ1n) is 4.10. The maximum atomic E-state index is 5.98. The zero-order chi connectivity index (χ0) is 9.14. The van der Waals surface area contributed by atoms with Crippen molar-refractivity contribution in [1.29, 1.82) is 0 Å². The van der Waals surface area contributed by atoms with Crippen LogP contribution in [0.2, 0.25) is 5.02 Å². The molecule has 0 spiro atoms. The van der Waals surface area contributed by atoms with Gasteiger partial charge in [-0.15, -0.1) is 0 Å². The SMILES string of the molecule is Cc1ccc(Cl)c(C[C@@H](C)N)c1. The van der Waals surface area contributed by atoms with Gasteiger partial charge >= 0.3 is 0 Å². The summed E-state index contributed by atoms with van der Waals surface area (Å²) in [6.07, 6.45) is 0.848. The summed E-state index contributed by atoms with van der Waals surface area (Å²) in [5.74, 6) is 0. The summed E-state index contributed by atoms with van der Waals surface area (Å²) in [5, 5.41) is 0.818. The lowest BCUT2D eigenvalue weighted by Crippen LogP contribution is -2.17. The van der Waals surface area contributed by atoms with E-state index >= 15 is 0 Å². The van der Waals surface area contributed by atoms with Gasteiger partial charge in [0.15, 0.2) is 0 Å². The molecule has 0 saturated carbocycles. The normalized spacial score (nSPS) is 13.0. The molecule has 12 heavy (non-hydrogen) atoms. The van der Waals surface area contributed by atoms with Gasteiger partial charge in [-0.1, -0.05) is 29.3 Å². The van der Waals surface area contributed by atoms with Crippen LogP contribution in [0.3, 0.4) is 0 Å². The van der Waals surface area contributed by atoms with Crippen LogP contribution in [0.15, 0.2) is 18.2 Å². The second-order valence-corrected chi connectivity index (χ2v) is 3.68. The van der Waals surface area contributed by atoms with Crippen LogP contribution < -0.4 is 5.73 Å². The van der Waals surface area contributed by atoms with Crippen molar-refractivity contribution in [3.8, 4) is 0 Å². The summed E-state index contributed by atoms with van der Waals surface area (Å²) < 4.78 is 0. The van der Waals surface area contributed by atoms with Crippen molar-refractivity contribution in [2.24, 2.45) is 5.73 Å². The zero-order valence-electron chi connectivity index (χ0n) is 7.47. The molecule has 0 aliphatic heterocycles. The largest absolute Gasteiger partial charge is 0.328 e. The third-order valence-corrected chi connectivity index (χ3v) is 2.11. The van der Waals surface area contributed by atoms with Crippen molar-refractivity contribution in [2.75, 3.05) is 0 Å². The van der Waals surface area contributed by atoms with E-state index < -0.39 is 0 Å². The lowest BCUT2D eigenvalue weighted by molar-refractivity contribution is 0.738. The van der Waals surface area contributed by atoms with Gasteiger partial charge in [-0.25, -0.2) is 0 Å². The van der Waals surface area contributed by atoms with Crippen LogP contribution >= 0.6 is 11.6 Å². The molecule has 66 valence electrons. The Bertz CT molecular complexity index is 269. The fourth-order valence-corrected chi connectivity index (χ4v) is 1.40. The van der Waals surface area contributed by atoms with Crippen LogP contribution in [-0.2, 0) is 6.42 Å². The molecule has 1 nitrogen and oxygen atoms in total. The predicted molar refractivity (Wildman–Crippen MR) is 53.5 cm³/mol. The smallest absolute Gasteiger partial charge is 0.0438 e. The first-order chi connectivity index (χ1) is 5.59. The van der Waals surface area contributed by atoms with Crippen LogP contribution in [0.25, 0.3) is 0 Å². The predicted octanol–water partition coefficient (Wildman–Crippen LogP) is 2.54. The van der Waals surface area contributed by atoms with Gasteiger partial charge < -0.3 is 5.73 Å². The fourth-order valence-electron chi connectivity index (χ4n) is 1.21. The van der Waals surface area contributed by atoms with Crippen molar-refractivity contribution in [3.05, 3.63) is 34.3 Å². The van der Waals surface area contributed by atoms with Gasteiger partial charge in [-0.05, 0) is 31.9 Å². The molecule has 2 N–H and O–H groups in total. The van der Waals surface area contributed by atoms with Crippen molar-refractivity contribution in [2.45, 2.75) is 26.3 Å². The maximum absolute atomic E-state index is 5.98. The van der Waals surface area contributed by atoms with Crippen molar-refractivity contribution >= 4 is 11.6 Å². The van der Waals surface area contributed by atoms with E-state index in [1.54, 1.807) is 0 Å². The Morgan fingerprint density at radius 2 is 2.17 bits per heavy atom. The number of aryl methyl sites for hydroxylation is 1. The number of halogens is 1. The molecule has 1 aromatic rings. The molecular weight excluding hydrogens is 170 g/mol. The van der Waals surface area contributed by atoms with E-state index in [1.807, 2.05) is 19.1 Å². The average Bonchev–Trinajstić information content (AvgIpc) is 1.96. The quantitative estimate of drug-likeness (QED) is 0.750. The molecule has 0 aliphatic carbocycles. The Kier molecular flexibility index (Phi) is 3.12. The molecule has 0 saturated heterocycles. The Balaban J connectivity index is 2.90. The topological polar surface area (TPSA) is 26.0 Å². The summed E-state index contributed by atoms with van der Waals surface area (Å²) in [4.78, 5) is 0. The standard InChI is InChI=1S/C10H14ClN/c1-7-3-4-10(11)9(5-7)6-8(2)12/h3-5,8H,6,12H2,1-2H3/t8-/m1/s1. The van der Waals surface area contributed by atoms with Gasteiger partial charge in [0.05, 0.1) is 0 Å². The van der Waals surface area contributed by atoms with Crippen LogP contribution in [0.5, 0.6) is 0 Å². The molecule has 1 atom stereocenters. The minimum Gasteiger partial charge on any atom is -0.328 e. The number of hydrogen-bond acceptors (Lipinski definition) is 1. The van der Waals surface area contributed by atoms with E-state index in [9.17, 15) is 0 Å². The molecule has 1 aromatic carbocycles. The summed E-state index contributed by atoms with van der Waals surface area (Å²) >= 11 is 5.98. The molecule has 2 heteroatoms. The number of benzene rings is 1. The van der Waals surface area contributed by atoms with Gasteiger partial charge in [0.2, 0.25) is 0 Å². The molecule has 0 aromatic heterocycles. The van der Waals surface area contributed by atoms with Crippen LogP contribution in [0.1, 0.15) is 18.1 Å². The highest BCUT2D eigenvalue weighted by atomic mass is 35.5. The first kappa shape index (κ1) is 9.56. The zero-order valence-corrected chi connectivity index (χ0v) is 8.23. The molecular formula is C10H14ClN. The lowest BCUT2D eigenvalue weighted by Gasteiger charge is -2.07. The first-order valence-corrected chi connectivity index (χ1v) is 4.48. The highest BCUT2D eigenvalue weighted by Crippen LogP contribution is 2.18. The van der Waals surface area contributed by atoms with Crippen molar-refractivity contribution in [1.82, 2.24) is 0 Å². The van der Waals surface area contributed by atoms with Gasteiger partial charge in [-0.2, -0.15) is 0 Å². The van der Waals surface area contributed by atoms with Crippen molar-refractivity contribution in [3.63, 3.8) is 0 Å². The van der Waals surface area contributed by atoms with E-state index in [2.05, 4.69) is 13.0 Å². The second kappa shape index (κ2) is 3.92. The third kappa shape index (κ3) is 2.50. The Morgan fingerprint density at radius 3 is 2.75 bits per heavy atom. The number of hydrogen-bond donors (Lipinski definition) is 1. The molecule has 0 fully saturated rings. The molecule has 0 bridgehead atoms. The molecule has 0 heterocycles. The molecule has 0 radical (unpaired) electrons. The van der Waals surface area contributed by atoms with Crippen molar-refractivity contribution < 1.29 is 0 Å². The van der Waals surface area contributed by atoms with E-state index in [0.717, 1.165) is 17.0 Å². The molecule has 0 unspecified atom stereocenters. The van der Waals surface area contributed by atoms with Gasteiger partial charge in [0.1, 0.15) is 0 Å². The van der Waals surface area contributed by atoms with Crippen LogP contribution in [0, 0.1) is 6.92 Å². The second-order valence-electron chi connectivity index (χ2n) is 3.28. The molecule has 0 aliphatic rings. The summed E-state index contributed by atoms with van der Waals surface area (Å²) in [7, 11) is 0. The van der Waals surface area contributed by atoms with Gasteiger partial charge in [0.25, 0.3) is 0 Å². The van der Waals surface area contributed by atoms with Gasteiger partial charge in [0, 0.05) is 11.1 Å². The van der Waals surface area contributed by atoms with E-state index in [0.29, 0.717) is 0 Å². The summed E-state index contributed by atoms with van der Waals surface area (Å²) in [6.45, 7) is 4.04. The highest BCUT2D eigenvalue weighted by molar-refractivity contribution is 6.31. The Hall–Kier alpha value is -0.530. The number of rotatable bonds is 2. The summed E-state index contributed by atoms with van der Waals surface area (Å²) in [5.41, 5.74) is 8.06. The fraction of sp³-hybridized carbons (Fsp3) is 0.400. The monoisotopic (exact) mass is 183 g/mol. The van der Waals surface area contributed by atoms with Crippen LogP contribution in [-0.4, -0.2) is 6.04 Å². The van der Waals surface area contributed by atoms with E-state index in [-0.39, 0.29) is 6.04 Å². The van der Waals surface area contributed by atoms with E-state index in [4.69, 9.17) is 17.3 Å². The lowest BCUT2D eigenvalue weighted by atomic mass is 10.1. The average molecular weight is 184 g/mol. The summed E-state index contributed by atoms with van der Waals surface area (Å²) in [6, 6.07) is 6.19. The maximum Gasteiger partial charge on any atom is 0.0438 e. The highest BCUT2D eigenvalue weighted by Gasteiger charge is 2.02. The van der Waals surface area contributed by atoms with Gasteiger partial charge in [-0.3, -0.25) is 0 Å². The van der Waals surface area contributed by atoms with Crippen LogP contribution in [0.4, 0.5) is 0 Å². The molecule has 1 rings (SSSR count). The Morgan fingerprint density at radius 1 is 1.50 bits per heavy atom. The third-order valence-electron chi connectivity index (χ3n) is 1.74. The minimum absolute atomic E-state index is 0.171.